The van der Waals surface area contributed by atoms with Crippen molar-refractivity contribution in [1.82, 2.24) is 10.3 Å². The van der Waals surface area contributed by atoms with Crippen LogP contribution in [0.1, 0.15) is 17.3 Å². The summed E-state index contributed by atoms with van der Waals surface area (Å²) in [5, 5.41) is 4.44. The number of hydrogen-bond acceptors (Lipinski definition) is 3. The van der Waals surface area contributed by atoms with Crippen LogP contribution >= 0.6 is 0 Å². The maximum absolute atomic E-state index is 5.20. The normalized spacial score (nSPS) is 12.9. The molecule has 2 rings (SSSR count). The number of aryl methyl sites for hydroxylation is 1. The number of nitrogens with one attached hydrogen (secondary N) is 1. The molecular weight excluding hydrogens is 212 g/mol. The molecule has 3 nitrogen and oxygen atoms in total. The first-order valence-corrected chi connectivity index (χ1v) is 5.78. The van der Waals surface area contributed by atoms with E-state index in [0.29, 0.717) is 6.61 Å². The number of nitrogens with zero attached hydrogens (tertiary/aromatic N) is 1. The van der Waals surface area contributed by atoms with E-state index in [2.05, 4.69) is 29.4 Å². The first kappa shape index (κ1) is 12.0. The second kappa shape index (κ2) is 5.25. The van der Waals surface area contributed by atoms with E-state index in [1.807, 2.05) is 25.2 Å². The SMILES string of the molecule is CNC(COC)c1cc(C)c2ccccc2n1. The number of pyridine rings is 1. The molecule has 0 aliphatic rings. The van der Waals surface area contributed by atoms with Gasteiger partial charge in [0.1, 0.15) is 0 Å². The third kappa shape index (κ3) is 2.46. The molecule has 1 N–H and O–H groups in total. The highest BCUT2D eigenvalue weighted by atomic mass is 16.5. The third-order valence-electron chi connectivity index (χ3n) is 2.98. The Balaban J connectivity index is 2.48. The zero-order valence-electron chi connectivity index (χ0n) is 10.5. The van der Waals surface area contributed by atoms with Crippen molar-refractivity contribution in [3.8, 4) is 0 Å². The summed E-state index contributed by atoms with van der Waals surface area (Å²) in [4.78, 5) is 4.68. The van der Waals surface area contributed by atoms with Crippen LogP contribution < -0.4 is 5.32 Å². The Morgan fingerprint density at radius 2 is 2.12 bits per heavy atom. The molecule has 0 bridgehead atoms. The highest BCUT2D eigenvalue weighted by Crippen LogP contribution is 2.20. The Morgan fingerprint density at radius 3 is 2.82 bits per heavy atom. The van der Waals surface area contributed by atoms with Gasteiger partial charge < -0.3 is 10.1 Å². The number of para-hydroxylation sites is 1. The summed E-state index contributed by atoms with van der Waals surface area (Å²) in [6, 6.07) is 10.5. The highest BCUT2D eigenvalue weighted by Gasteiger charge is 2.12. The second-order valence-corrected chi connectivity index (χ2v) is 4.18. The molecular formula is C14H18N2O. The zero-order valence-corrected chi connectivity index (χ0v) is 10.5. The molecule has 1 aromatic carbocycles. The van der Waals surface area contributed by atoms with E-state index in [1.54, 1.807) is 7.11 Å². The van der Waals surface area contributed by atoms with E-state index in [0.717, 1.165) is 11.2 Å². The minimum Gasteiger partial charge on any atom is -0.383 e. The zero-order chi connectivity index (χ0) is 12.3. The van der Waals surface area contributed by atoms with Crippen LogP contribution in [0.2, 0.25) is 0 Å². The molecule has 0 fully saturated rings. The van der Waals surface area contributed by atoms with Crippen LogP contribution in [-0.4, -0.2) is 25.7 Å². The number of hydrogen-bond donors (Lipinski definition) is 1. The van der Waals surface area contributed by atoms with Gasteiger partial charge in [0.2, 0.25) is 0 Å². The van der Waals surface area contributed by atoms with Crippen LogP contribution in [0.3, 0.4) is 0 Å². The molecule has 0 amide bonds. The molecule has 0 spiro atoms. The smallest absolute Gasteiger partial charge is 0.0730 e. The summed E-state index contributed by atoms with van der Waals surface area (Å²) in [5.74, 6) is 0. The monoisotopic (exact) mass is 230 g/mol. The number of likely N-dealkylation sites (N-methyl/N-ethyl adjacent to an activating group) is 1. The van der Waals surface area contributed by atoms with Crippen molar-refractivity contribution in [3.05, 3.63) is 41.6 Å². The molecule has 0 saturated heterocycles. The van der Waals surface area contributed by atoms with Crippen LogP contribution in [0, 0.1) is 6.92 Å². The van der Waals surface area contributed by atoms with E-state index in [1.165, 1.54) is 10.9 Å². The molecule has 0 aliphatic heterocycles. The van der Waals surface area contributed by atoms with Gasteiger partial charge in [-0.15, -0.1) is 0 Å². The number of benzene rings is 1. The lowest BCUT2D eigenvalue weighted by molar-refractivity contribution is 0.169. The van der Waals surface area contributed by atoms with Crippen LogP contribution in [0.4, 0.5) is 0 Å². The quantitative estimate of drug-likeness (QED) is 0.876. The molecule has 0 radical (unpaired) electrons. The van der Waals surface area contributed by atoms with E-state index < -0.39 is 0 Å². The van der Waals surface area contributed by atoms with Gasteiger partial charge >= 0.3 is 0 Å². The number of aromatic nitrogens is 1. The summed E-state index contributed by atoms with van der Waals surface area (Å²) >= 11 is 0. The summed E-state index contributed by atoms with van der Waals surface area (Å²) in [5.41, 5.74) is 3.33. The lowest BCUT2D eigenvalue weighted by atomic mass is 10.1. The average molecular weight is 230 g/mol. The maximum Gasteiger partial charge on any atom is 0.0730 e. The number of fused-ring (bicyclic) bond motifs is 1. The van der Waals surface area contributed by atoms with Crippen molar-refractivity contribution in [2.45, 2.75) is 13.0 Å². The topological polar surface area (TPSA) is 34.1 Å². The lowest BCUT2D eigenvalue weighted by Crippen LogP contribution is -2.22. The van der Waals surface area contributed by atoms with Gasteiger partial charge in [0.15, 0.2) is 0 Å². The summed E-state index contributed by atoms with van der Waals surface area (Å²) in [6.45, 7) is 2.74. The fraction of sp³-hybridized carbons (Fsp3) is 0.357. The summed E-state index contributed by atoms with van der Waals surface area (Å²) in [7, 11) is 3.63. The van der Waals surface area contributed by atoms with Gasteiger partial charge in [-0.25, -0.2) is 0 Å². The van der Waals surface area contributed by atoms with Gasteiger partial charge in [-0.1, -0.05) is 18.2 Å². The number of ether oxygens (including phenoxy) is 1. The van der Waals surface area contributed by atoms with Gasteiger partial charge in [-0.05, 0) is 31.7 Å². The third-order valence-corrected chi connectivity index (χ3v) is 2.98. The number of methoxy groups -OCH3 is 1. The van der Waals surface area contributed by atoms with Crippen molar-refractivity contribution in [1.29, 1.82) is 0 Å². The van der Waals surface area contributed by atoms with Gasteiger partial charge in [0, 0.05) is 12.5 Å². The van der Waals surface area contributed by atoms with Crippen molar-refractivity contribution in [2.75, 3.05) is 20.8 Å². The fourth-order valence-electron chi connectivity index (χ4n) is 2.04. The summed E-state index contributed by atoms with van der Waals surface area (Å²) in [6.07, 6.45) is 0. The molecule has 1 aromatic heterocycles. The van der Waals surface area contributed by atoms with Crippen molar-refractivity contribution < 1.29 is 4.74 Å². The molecule has 1 heterocycles. The minimum atomic E-state index is 0.142. The predicted molar refractivity (Wildman–Crippen MR) is 70.2 cm³/mol. The van der Waals surface area contributed by atoms with Crippen LogP contribution in [0.25, 0.3) is 10.9 Å². The van der Waals surface area contributed by atoms with E-state index >= 15 is 0 Å². The Morgan fingerprint density at radius 1 is 1.35 bits per heavy atom. The number of rotatable bonds is 4. The summed E-state index contributed by atoms with van der Waals surface area (Å²) < 4.78 is 5.20. The Bertz CT molecular complexity index is 511. The molecule has 0 saturated carbocycles. The van der Waals surface area contributed by atoms with Crippen molar-refractivity contribution in [3.63, 3.8) is 0 Å². The van der Waals surface area contributed by atoms with Gasteiger partial charge in [0.25, 0.3) is 0 Å². The van der Waals surface area contributed by atoms with Crippen LogP contribution in [0.5, 0.6) is 0 Å². The van der Waals surface area contributed by atoms with Crippen LogP contribution in [0.15, 0.2) is 30.3 Å². The lowest BCUT2D eigenvalue weighted by Gasteiger charge is -2.16. The van der Waals surface area contributed by atoms with Crippen LogP contribution in [-0.2, 0) is 4.74 Å². The van der Waals surface area contributed by atoms with Gasteiger partial charge in [0.05, 0.1) is 23.9 Å². The minimum absolute atomic E-state index is 0.142. The molecule has 1 unspecified atom stereocenters. The van der Waals surface area contributed by atoms with E-state index in [4.69, 9.17) is 4.74 Å². The van der Waals surface area contributed by atoms with E-state index in [-0.39, 0.29) is 6.04 Å². The van der Waals surface area contributed by atoms with Crippen molar-refractivity contribution in [2.24, 2.45) is 0 Å². The van der Waals surface area contributed by atoms with Gasteiger partial charge in [-0.2, -0.15) is 0 Å². The second-order valence-electron chi connectivity index (χ2n) is 4.18. The van der Waals surface area contributed by atoms with E-state index in [9.17, 15) is 0 Å². The average Bonchev–Trinajstić information content (AvgIpc) is 2.36. The predicted octanol–water partition coefficient (Wildman–Crippen LogP) is 2.45. The Hall–Kier alpha value is -1.45. The molecule has 3 heteroatoms. The molecule has 2 aromatic rings. The largest absolute Gasteiger partial charge is 0.383 e. The molecule has 1 atom stereocenters. The highest BCUT2D eigenvalue weighted by molar-refractivity contribution is 5.82. The molecule has 17 heavy (non-hydrogen) atoms. The molecule has 0 aliphatic carbocycles. The van der Waals surface area contributed by atoms with Gasteiger partial charge in [-0.3, -0.25) is 4.98 Å². The Labute approximate surface area is 102 Å². The van der Waals surface area contributed by atoms with Crippen molar-refractivity contribution >= 4 is 10.9 Å². The fourth-order valence-corrected chi connectivity index (χ4v) is 2.04. The maximum atomic E-state index is 5.20. The first-order valence-electron chi connectivity index (χ1n) is 5.78. The Kier molecular flexibility index (Phi) is 3.71. The standard InChI is InChI=1S/C14H18N2O/c1-10-8-13(14(15-2)9-17-3)16-12-7-5-4-6-11(10)12/h4-8,14-15H,9H2,1-3H3. The first-order chi connectivity index (χ1) is 8.26. The molecule has 90 valence electrons.